The summed E-state index contributed by atoms with van der Waals surface area (Å²) in [5.74, 6) is 0.183. The molecule has 0 fully saturated rings. The highest BCUT2D eigenvalue weighted by Crippen LogP contribution is 2.22. The van der Waals surface area contributed by atoms with Gasteiger partial charge in [0.2, 0.25) is 0 Å². The zero-order chi connectivity index (χ0) is 14.5. The van der Waals surface area contributed by atoms with Gasteiger partial charge in [-0.1, -0.05) is 25.5 Å². The Labute approximate surface area is 118 Å². The summed E-state index contributed by atoms with van der Waals surface area (Å²) in [7, 11) is 0. The van der Waals surface area contributed by atoms with Gasteiger partial charge in [-0.25, -0.2) is 9.78 Å². The summed E-state index contributed by atoms with van der Waals surface area (Å²) in [6, 6.07) is 7.01. The maximum atomic E-state index is 12.1. The van der Waals surface area contributed by atoms with Gasteiger partial charge < -0.3 is 14.4 Å². The van der Waals surface area contributed by atoms with Gasteiger partial charge in [-0.05, 0) is 25.5 Å². The predicted molar refractivity (Wildman–Crippen MR) is 76.2 cm³/mol. The molecule has 0 amide bonds. The monoisotopic (exact) mass is 276 g/mol. The van der Waals surface area contributed by atoms with Crippen molar-refractivity contribution in [2.75, 3.05) is 6.61 Å². The molecule has 20 heavy (non-hydrogen) atoms. The number of aliphatic hydroxyl groups is 1. The van der Waals surface area contributed by atoms with E-state index in [1.807, 2.05) is 31.2 Å². The lowest BCUT2D eigenvalue weighted by atomic mass is 10.2. The van der Waals surface area contributed by atoms with Gasteiger partial charge in [0, 0.05) is 0 Å². The lowest BCUT2D eigenvalue weighted by Crippen LogP contribution is -2.21. The third-order valence-corrected chi connectivity index (χ3v) is 3.28. The number of aromatic nitrogens is 2. The van der Waals surface area contributed by atoms with Crippen LogP contribution in [0.5, 0.6) is 0 Å². The first-order valence-corrected chi connectivity index (χ1v) is 6.92. The second-order valence-corrected chi connectivity index (χ2v) is 4.74. The average Bonchev–Trinajstić information content (AvgIpc) is 2.85. The molecule has 1 aromatic heterocycles. The van der Waals surface area contributed by atoms with Crippen molar-refractivity contribution >= 4 is 17.0 Å². The topological polar surface area (TPSA) is 64.3 Å². The summed E-state index contributed by atoms with van der Waals surface area (Å²) in [6.07, 6.45) is 1.84. The molecule has 5 heteroatoms. The summed E-state index contributed by atoms with van der Waals surface area (Å²) in [4.78, 5) is 16.4. The van der Waals surface area contributed by atoms with Gasteiger partial charge in [-0.3, -0.25) is 0 Å². The Morgan fingerprint density at radius 3 is 2.90 bits per heavy atom. The molecule has 0 bridgehead atoms. The van der Waals surface area contributed by atoms with Crippen LogP contribution in [0.1, 0.15) is 38.6 Å². The van der Waals surface area contributed by atoms with Crippen molar-refractivity contribution < 1.29 is 14.6 Å². The van der Waals surface area contributed by atoms with Crippen molar-refractivity contribution in [2.45, 2.75) is 39.3 Å². The number of fused-ring (bicyclic) bond motifs is 1. The number of nitrogens with zero attached hydrogens (tertiary/aromatic N) is 2. The minimum Gasteiger partial charge on any atom is -0.464 e. The van der Waals surface area contributed by atoms with E-state index < -0.39 is 6.04 Å². The number of ether oxygens (including phenoxy) is 1. The molecule has 0 saturated carbocycles. The van der Waals surface area contributed by atoms with Crippen LogP contribution in [0.4, 0.5) is 0 Å². The van der Waals surface area contributed by atoms with Crippen molar-refractivity contribution in [3.05, 3.63) is 30.1 Å². The second-order valence-electron chi connectivity index (χ2n) is 4.74. The van der Waals surface area contributed by atoms with Crippen LogP contribution in [0.3, 0.4) is 0 Å². The first kappa shape index (κ1) is 14.5. The zero-order valence-corrected chi connectivity index (χ0v) is 11.9. The fraction of sp³-hybridized carbons (Fsp3) is 0.467. The average molecular weight is 276 g/mol. The number of aliphatic hydroxyl groups excluding tert-OH is 1. The Kier molecular flexibility index (Phi) is 4.74. The number of hydrogen-bond donors (Lipinski definition) is 1. The van der Waals surface area contributed by atoms with Crippen LogP contribution in [0.25, 0.3) is 11.0 Å². The highest BCUT2D eigenvalue weighted by atomic mass is 16.5. The number of rotatable bonds is 6. The van der Waals surface area contributed by atoms with E-state index in [1.54, 1.807) is 11.5 Å². The van der Waals surface area contributed by atoms with Gasteiger partial charge in [0.05, 0.1) is 17.6 Å². The van der Waals surface area contributed by atoms with Crippen LogP contribution >= 0.6 is 0 Å². The summed E-state index contributed by atoms with van der Waals surface area (Å²) in [6.45, 7) is 4.04. The maximum absolute atomic E-state index is 12.1. The number of carbonyl (C=O) groups excluding carboxylic acids is 1. The van der Waals surface area contributed by atoms with Gasteiger partial charge in [0.15, 0.2) is 0 Å². The van der Waals surface area contributed by atoms with Crippen LogP contribution in [-0.4, -0.2) is 27.2 Å². The van der Waals surface area contributed by atoms with Crippen LogP contribution in [-0.2, 0) is 16.1 Å². The van der Waals surface area contributed by atoms with E-state index in [0.29, 0.717) is 12.4 Å². The first-order chi connectivity index (χ1) is 9.69. The van der Waals surface area contributed by atoms with E-state index in [1.165, 1.54) is 0 Å². The molecule has 0 saturated heterocycles. The number of benzene rings is 1. The number of esters is 1. The predicted octanol–water partition coefficient (Wildman–Crippen LogP) is 2.43. The Morgan fingerprint density at radius 2 is 2.20 bits per heavy atom. The van der Waals surface area contributed by atoms with E-state index in [9.17, 15) is 9.90 Å². The van der Waals surface area contributed by atoms with E-state index in [2.05, 4.69) is 4.98 Å². The quantitative estimate of drug-likeness (QED) is 0.650. The molecule has 0 spiro atoms. The molecule has 0 radical (unpaired) electrons. The lowest BCUT2D eigenvalue weighted by Gasteiger charge is -2.16. The number of carbonyl (C=O) groups is 1. The van der Waals surface area contributed by atoms with Crippen molar-refractivity contribution in [3.63, 3.8) is 0 Å². The molecular weight excluding hydrogens is 256 g/mol. The molecule has 0 aliphatic carbocycles. The van der Waals surface area contributed by atoms with Crippen LogP contribution in [0.15, 0.2) is 24.3 Å². The minimum absolute atomic E-state index is 0.207. The lowest BCUT2D eigenvalue weighted by molar-refractivity contribution is -0.147. The maximum Gasteiger partial charge on any atom is 0.328 e. The molecule has 1 heterocycles. The molecular formula is C15H20N2O3. The van der Waals surface area contributed by atoms with Gasteiger partial charge in [-0.15, -0.1) is 0 Å². The molecule has 1 unspecified atom stereocenters. The van der Waals surface area contributed by atoms with Gasteiger partial charge in [0.25, 0.3) is 0 Å². The Morgan fingerprint density at radius 1 is 1.45 bits per heavy atom. The SMILES string of the molecule is CCCCOC(=O)C(C)n1c(CO)nc2ccccc21. The highest BCUT2D eigenvalue weighted by molar-refractivity contribution is 5.81. The van der Waals surface area contributed by atoms with E-state index in [0.717, 1.165) is 23.9 Å². The van der Waals surface area contributed by atoms with Crippen LogP contribution < -0.4 is 0 Å². The minimum atomic E-state index is -0.499. The van der Waals surface area contributed by atoms with Crippen molar-refractivity contribution in [2.24, 2.45) is 0 Å². The van der Waals surface area contributed by atoms with Crippen LogP contribution in [0, 0.1) is 0 Å². The standard InChI is InChI=1S/C15H20N2O3/c1-3-4-9-20-15(19)11(2)17-13-8-6-5-7-12(13)16-14(17)10-18/h5-8,11,18H,3-4,9-10H2,1-2H3. The molecule has 2 rings (SSSR count). The zero-order valence-electron chi connectivity index (χ0n) is 11.9. The van der Waals surface area contributed by atoms with Gasteiger partial charge in [-0.2, -0.15) is 0 Å². The summed E-state index contributed by atoms with van der Waals surface area (Å²) >= 11 is 0. The summed E-state index contributed by atoms with van der Waals surface area (Å²) < 4.78 is 6.99. The third kappa shape index (κ3) is 2.82. The molecule has 0 aliphatic heterocycles. The van der Waals surface area contributed by atoms with E-state index >= 15 is 0 Å². The summed E-state index contributed by atoms with van der Waals surface area (Å²) in [5.41, 5.74) is 1.60. The highest BCUT2D eigenvalue weighted by Gasteiger charge is 2.22. The Bertz CT molecular complexity index is 592. The molecule has 0 aliphatic rings. The normalized spacial score (nSPS) is 12.6. The molecule has 1 N–H and O–H groups in total. The smallest absolute Gasteiger partial charge is 0.328 e. The van der Waals surface area contributed by atoms with E-state index in [-0.39, 0.29) is 12.6 Å². The fourth-order valence-electron chi connectivity index (χ4n) is 2.18. The number of unbranched alkanes of at least 4 members (excludes halogenated alkanes) is 1. The second kappa shape index (κ2) is 6.52. The molecule has 108 valence electrons. The molecule has 5 nitrogen and oxygen atoms in total. The third-order valence-electron chi connectivity index (χ3n) is 3.28. The van der Waals surface area contributed by atoms with Gasteiger partial charge in [0.1, 0.15) is 18.5 Å². The van der Waals surface area contributed by atoms with Crippen molar-refractivity contribution in [1.29, 1.82) is 0 Å². The van der Waals surface area contributed by atoms with Crippen molar-refractivity contribution in [1.82, 2.24) is 9.55 Å². The van der Waals surface area contributed by atoms with Crippen molar-refractivity contribution in [3.8, 4) is 0 Å². The van der Waals surface area contributed by atoms with Crippen LogP contribution in [0.2, 0.25) is 0 Å². The number of para-hydroxylation sites is 2. The molecule has 2 aromatic rings. The Hall–Kier alpha value is -1.88. The summed E-state index contributed by atoms with van der Waals surface area (Å²) in [5, 5.41) is 9.43. The first-order valence-electron chi connectivity index (χ1n) is 6.92. The largest absolute Gasteiger partial charge is 0.464 e. The van der Waals surface area contributed by atoms with Gasteiger partial charge >= 0.3 is 5.97 Å². The fourth-order valence-corrected chi connectivity index (χ4v) is 2.18. The van der Waals surface area contributed by atoms with E-state index in [4.69, 9.17) is 4.74 Å². The Balaban J connectivity index is 2.28. The number of imidazole rings is 1. The molecule has 1 atom stereocenters. The molecule has 1 aromatic carbocycles. The number of hydrogen-bond acceptors (Lipinski definition) is 4.